The normalized spacial score (nSPS) is 18.9. The standard InChI is InChI=1S/C17H16F3N5O3S/c18-17(19,20)9-25-14(26)8-24(16(25)28)11-3-5-23(6-4-11)15(27)10-1-2-12-13(7-10)22-29-21-12/h1-2,7,11H,3-6,8-9H2. The number of imide groups is 1. The van der Waals surface area contributed by atoms with Crippen molar-refractivity contribution in [3.8, 4) is 0 Å². The van der Waals surface area contributed by atoms with E-state index in [1.165, 1.54) is 4.90 Å². The maximum Gasteiger partial charge on any atom is 0.406 e. The Bertz CT molecular complexity index is 971. The molecular formula is C17H16F3N5O3S. The van der Waals surface area contributed by atoms with Crippen molar-refractivity contribution >= 4 is 40.6 Å². The second-order valence-electron chi connectivity index (χ2n) is 7.00. The van der Waals surface area contributed by atoms with Crippen LogP contribution < -0.4 is 0 Å². The fourth-order valence-electron chi connectivity index (χ4n) is 3.66. The predicted molar refractivity (Wildman–Crippen MR) is 96.2 cm³/mol. The summed E-state index contributed by atoms with van der Waals surface area (Å²) in [4.78, 5) is 39.9. The Morgan fingerprint density at radius 3 is 2.52 bits per heavy atom. The minimum atomic E-state index is -4.63. The van der Waals surface area contributed by atoms with E-state index in [1.807, 2.05) is 0 Å². The molecule has 4 rings (SSSR count). The first-order valence-electron chi connectivity index (χ1n) is 8.92. The first-order chi connectivity index (χ1) is 13.7. The third-order valence-corrected chi connectivity index (χ3v) is 5.67. The highest BCUT2D eigenvalue weighted by molar-refractivity contribution is 7.00. The highest BCUT2D eigenvalue weighted by Crippen LogP contribution is 2.26. The van der Waals surface area contributed by atoms with Gasteiger partial charge in [-0.05, 0) is 31.0 Å². The number of benzene rings is 1. The van der Waals surface area contributed by atoms with Crippen LogP contribution in [0.3, 0.4) is 0 Å². The summed E-state index contributed by atoms with van der Waals surface area (Å²) >= 11 is 1.06. The number of nitrogens with zero attached hydrogens (tertiary/aromatic N) is 5. The van der Waals surface area contributed by atoms with Crippen LogP contribution >= 0.6 is 11.7 Å². The molecule has 0 saturated carbocycles. The molecule has 2 aromatic rings. The number of carbonyl (C=O) groups excluding carboxylic acids is 3. The quantitative estimate of drug-likeness (QED) is 0.701. The molecule has 154 valence electrons. The van der Waals surface area contributed by atoms with E-state index in [1.54, 1.807) is 23.1 Å². The number of piperidine rings is 1. The molecule has 8 nitrogen and oxygen atoms in total. The number of rotatable bonds is 3. The SMILES string of the molecule is O=C(c1ccc2nsnc2c1)N1CCC(N2CC(=O)N(CC(F)(F)F)C2=O)CC1. The maximum absolute atomic E-state index is 12.7. The Balaban J connectivity index is 1.38. The van der Waals surface area contributed by atoms with Crippen LogP contribution in [0.15, 0.2) is 18.2 Å². The van der Waals surface area contributed by atoms with Gasteiger partial charge in [-0.15, -0.1) is 0 Å². The first-order valence-corrected chi connectivity index (χ1v) is 9.65. The highest BCUT2D eigenvalue weighted by atomic mass is 32.1. The molecule has 0 bridgehead atoms. The number of urea groups is 1. The van der Waals surface area contributed by atoms with Gasteiger partial charge in [0.2, 0.25) is 0 Å². The van der Waals surface area contributed by atoms with Gasteiger partial charge >= 0.3 is 12.2 Å². The molecule has 0 N–H and O–H groups in total. The average molecular weight is 427 g/mol. The van der Waals surface area contributed by atoms with E-state index in [4.69, 9.17) is 0 Å². The summed E-state index contributed by atoms with van der Waals surface area (Å²) in [7, 11) is 0. The van der Waals surface area contributed by atoms with Crippen molar-refractivity contribution in [2.75, 3.05) is 26.2 Å². The topological polar surface area (TPSA) is 86.7 Å². The smallest absolute Gasteiger partial charge is 0.338 e. The van der Waals surface area contributed by atoms with E-state index < -0.39 is 24.7 Å². The Labute approximate surface area is 167 Å². The van der Waals surface area contributed by atoms with Crippen molar-refractivity contribution in [1.82, 2.24) is 23.4 Å². The first kappa shape index (κ1) is 19.6. The molecule has 0 atom stereocenters. The Hall–Kier alpha value is -2.76. The fourth-order valence-corrected chi connectivity index (χ4v) is 4.18. The fraction of sp³-hybridized carbons (Fsp3) is 0.471. The van der Waals surface area contributed by atoms with Crippen LogP contribution in [-0.2, 0) is 4.79 Å². The lowest BCUT2D eigenvalue weighted by atomic mass is 10.0. The lowest BCUT2D eigenvalue weighted by Crippen LogP contribution is -2.48. The molecule has 0 unspecified atom stereocenters. The molecule has 0 spiro atoms. The molecule has 3 heterocycles. The van der Waals surface area contributed by atoms with Crippen molar-refractivity contribution in [3.63, 3.8) is 0 Å². The zero-order valence-corrected chi connectivity index (χ0v) is 15.9. The number of amides is 4. The van der Waals surface area contributed by atoms with Crippen molar-refractivity contribution in [2.24, 2.45) is 0 Å². The van der Waals surface area contributed by atoms with Crippen LogP contribution in [-0.4, -0.2) is 79.7 Å². The molecular weight excluding hydrogens is 411 g/mol. The number of halogens is 3. The van der Waals surface area contributed by atoms with E-state index in [2.05, 4.69) is 8.75 Å². The lowest BCUT2D eigenvalue weighted by molar-refractivity contribution is -0.151. The van der Waals surface area contributed by atoms with Crippen molar-refractivity contribution in [1.29, 1.82) is 0 Å². The monoisotopic (exact) mass is 427 g/mol. The Morgan fingerprint density at radius 2 is 1.83 bits per heavy atom. The number of aromatic nitrogens is 2. The summed E-state index contributed by atoms with van der Waals surface area (Å²) in [5.41, 5.74) is 1.83. The van der Waals surface area contributed by atoms with Gasteiger partial charge in [-0.1, -0.05) is 0 Å². The summed E-state index contributed by atoms with van der Waals surface area (Å²) in [6.45, 7) is -1.25. The van der Waals surface area contributed by atoms with Crippen LogP contribution in [0.2, 0.25) is 0 Å². The van der Waals surface area contributed by atoms with Gasteiger partial charge in [0, 0.05) is 24.7 Å². The molecule has 2 saturated heterocycles. The second kappa shape index (κ2) is 7.25. The number of carbonyl (C=O) groups is 3. The summed E-state index contributed by atoms with van der Waals surface area (Å²) in [5.74, 6) is -1.03. The number of fused-ring (bicyclic) bond motifs is 1. The van der Waals surface area contributed by atoms with Gasteiger partial charge in [-0.25, -0.2) is 4.79 Å². The second-order valence-corrected chi connectivity index (χ2v) is 7.53. The number of likely N-dealkylation sites (tertiary alicyclic amines) is 1. The third-order valence-electron chi connectivity index (χ3n) is 5.11. The minimum Gasteiger partial charge on any atom is -0.338 e. The molecule has 2 fully saturated rings. The molecule has 29 heavy (non-hydrogen) atoms. The van der Waals surface area contributed by atoms with Gasteiger partial charge < -0.3 is 9.80 Å². The summed E-state index contributed by atoms with van der Waals surface area (Å²) < 4.78 is 46.0. The summed E-state index contributed by atoms with van der Waals surface area (Å²) in [6.07, 6.45) is -3.85. The molecule has 12 heteroatoms. The molecule has 0 radical (unpaired) electrons. The van der Waals surface area contributed by atoms with Gasteiger partial charge in [-0.2, -0.15) is 21.9 Å². The van der Waals surface area contributed by atoms with E-state index in [0.717, 1.165) is 11.7 Å². The van der Waals surface area contributed by atoms with Crippen molar-refractivity contribution < 1.29 is 27.6 Å². The van der Waals surface area contributed by atoms with Crippen LogP contribution in [0.1, 0.15) is 23.2 Å². The van der Waals surface area contributed by atoms with Crippen LogP contribution in [0.5, 0.6) is 0 Å². The molecule has 1 aromatic heterocycles. The van der Waals surface area contributed by atoms with Gasteiger partial charge in [0.1, 0.15) is 24.1 Å². The zero-order chi connectivity index (χ0) is 20.8. The summed E-state index contributed by atoms with van der Waals surface area (Å²) in [6, 6.07) is 3.78. The zero-order valence-electron chi connectivity index (χ0n) is 15.1. The van der Waals surface area contributed by atoms with Crippen LogP contribution in [0.4, 0.5) is 18.0 Å². The summed E-state index contributed by atoms with van der Waals surface area (Å²) in [5, 5.41) is 0. The molecule has 4 amide bonds. The van der Waals surface area contributed by atoms with Crippen LogP contribution in [0.25, 0.3) is 11.0 Å². The minimum absolute atomic E-state index is 0.180. The van der Waals surface area contributed by atoms with Crippen molar-refractivity contribution in [3.05, 3.63) is 23.8 Å². The largest absolute Gasteiger partial charge is 0.406 e. The number of hydrogen-bond acceptors (Lipinski definition) is 6. The number of alkyl halides is 3. The van der Waals surface area contributed by atoms with E-state index >= 15 is 0 Å². The molecule has 2 aliphatic heterocycles. The van der Waals surface area contributed by atoms with Gasteiger partial charge in [0.15, 0.2) is 0 Å². The Kier molecular flexibility index (Phi) is 4.89. The van der Waals surface area contributed by atoms with Gasteiger partial charge in [-0.3, -0.25) is 14.5 Å². The predicted octanol–water partition coefficient (Wildman–Crippen LogP) is 2.12. The van der Waals surface area contributed by atoms with Gasteiger partial charge in [0.25, 0.3) is 11.8 Å². The van der Waals surface area contributed by atoms with Gasteiger partial charge in [0.05, 0.1) is 11.7 Å². The maximum atomic E-state index is 12.7. The average Bonchev–Trinajstić information content (AvgIpc) is 3.26. The van der Waals surface area contributed by atoms with E-state index in [-0.39, 0.29) is 23.4 Å². The highest BCUT2D eigenvalue weighted by Gasteiger charge is 2.45. The third kappa shape index (κ3) is 3.88. The molecule has 2 aliphatic rings. The lowest BCUT2D eigenvalue weighted by Gasteiger charge is -2.36. The van der Waals surface area contributed by atoms with Crippen molar-refractivity contribution in [2.45, 2.75) is 25.1 Å². The Morgan fingerprint density at radius 1 is 1.14 bits per heavy atom. The van der Waals surface area contributed by atoms with E-state index in [0.29, 0.717) is 42.5 Å². The molecule has 0 aliphatic carbocycles. The van der Waals surface area contributed by atoms with Crippen LogP contribution in [0, 0.1) is 0 Å². The molecule has 1 aromatic carbocycles. The van der Waals surface area contributed by atoms with E-state index in [9.17, 15) is 27.6 Å². The number of hydrogen-bond donors (Lipinski definition) is 0.